The molecule has 0 spiro atoms. The first-order valence-corrected chi connectivity index (χ1v) is 15.5. The van der Waals surface area contributed by atoms with Crippen molar-refractivity contribution in [3.63, 3.8) is 0 Å². The van der Waals surface area contributed by atoms with Crippen molar-refractivity contribution in [3.05, 3.63) is 41.0 Å². The fourth-order valence-corrected chi connectivity index (χ4v) is 6.30. The molecule has 4 heterocycles. The highest BCUT2D eigenvalue weighted by Crippen LogP contribution is 2.46. The van der Waals surface area contributed by atoms with Gasteiger partial charge in [0.2, 0.25) is 5.95 Å². The van der Waals surface area contributed by atoms with Crippen LogP contribution in [-0.4, -0.2) is 91.2 Å². The van der Waals surface area contributed by atoms with E-state index in [1.54, 1.807) is 23.2 Å². The van der Waals surface area contributed by atoms with E-state index >= 15 is 0 Å². The molecule has 2 aliphatic heterocycles. The van der Waals surface area contributed by atoms with Crippen molar-refractivity contribution >= 4 is 51.7 Å². The number of unbranched alkanes of at least 4 members (excludes halogenated alkanes) is 1. The van der Waals surface area contributed by atoms with Crippen LogP contribution in [0.4, 0.5) is 20.5 Å². The minimum absolute atomic E-state index is 0.0456. The van der Waals surface area contributed by atoms with Gasteiger partial charge in [0.25, 0.3) is 5.92 Å². The Kier molecular flexibility index (Phi) is 10.6. The van der Waals surface area contributed by atoms with Crippen molar-refractivity contribution < 1.29 is 27.8 Å². The summed E-state index contributed by atoms with van der Waals surface area (Å²) in [5.41, 5.74) is 1.43. The van der Waals surface area contributed by atoms with Gasteiger partial charge in [0.15, 0.2) is 11.6 Å². The summed E-state index contributed by atoms with van der Waals surface area (Å²) < 4.78 is 43.7. The van der Waals surface area contributed by atoms with Gasteiger partial charge >= 0.3 is 0 Å². The lowest BCUT2D eigenvalue weighted by Gasteiger charge is -2.19. The molecule has 2 fully saturated rings. The zero-order valence-corrected chi connectivity index (χ0v) is 26.7. The number of benzene rings is 1. The second-order valence-corrected chi connectivity index (χ2v) is 12.0. The molecule has 0 unspecified atom stereocenters. The molecule has 14 heteroatoms. The summed E-state index contributed by atoms with van der Waals surface area (Å²) in [5.74, 6) is -1.13. The number of rotatable bonds is 14. The molecule has 0 radical (unpaired) electrons. The highest BCUT2D eigenvalue weighted by atomic mass is 35.5. The molecular formula is C31H36Cl2F2N6O4. The Morgan fingerprint density at radius 1 is 1.18 bits per heavy atom. The van der Waals surface area contributed by atoms with Gasteiger partial charge in [0.1, 0.15) is 17.0 Å². The van der Waals surface area contributed by atoms with Crippen LogP contribution in [0.3, 0.4) is 0 Å². The summed E-state index contributed by atoms with van der Waals surface area (Å²) in [7, 11) is 3.00. The number of methoxy groups -OCH3 is 2. The Morgan fingerprint density at radius 3 is 2.60 bits per heavy atom. The molecule has 0 bridgehead atoms. The van der Waals surface area contributed by atoms with Gasteiger partial charge in [0.05, 0.1) is 55.8 Å². The van der Waals surface area contributed by atoms with E-state index in [9.17, 15) is 13.6 Å². The molecule has 1 aromatic carbocycles. The maximum atomic E-state index is 13.6. The number of carbonyl (C=O) groups excluding carboxylic acids is 1. The van der Waals surface area contributed by atoms with Crippen LogP contribution in [-0.2, 0) is 9.53 Å². The second-order valence-electron chi connectivity index (χ2n) is 11.2. The van der Waals surface area contributed by atoms with Gasteiger partial charge < -0.3 is 24.8 Å². The molecule has 5 rings (SSSR count). The maximum absolute atomic E-state index is 13.6. The lowest BCUT2D eigenvalue weighted by atomic mass is 9.97. The monoisotopic (exact) mass is 664 g/mol. The number of alkyl halides is 2. The molecule has 3 aromatic rings. The fraction of sp³-hybridized carbons (Fsp3) is 0.484. The third-order valence-corrected chi connectivity index (χ3v) is 8.79. The van der Waals surface area contributed by atoms with E-state index in [-0.39, 0.29) is 40.8 Å². The Bertz CT molecular complexity index is 1530. The molecule has 2 N–H and O–H groups in total. The number of anilines is 2. The zero-order chi connectivity index (χ0) is 32.1. The molecule has 0 amide bonds. The Hall–Kier alpha value is -3.32. The minimum Gasteiger partial charge on any atom is -0.495 e. The predicted octanol–water partition coefficient (Wildman–Crippen LogP) is 6.12. The van der Waals surface area contributed by atoms with Gasteiger partial charge in [-0.25, -0.2) is 23.7 Å². The first kappa shape index (κ1) is 33.1. The van der Waals surface area contributed by atoms with Gasteiger partial charge in [-0.05, 0) is 31.5 Å². The number of nitrogens with one attached hydrogen (secondary N) is 2. The lowest BCUT2D eigenvalue weighted by Crippen LogP contribution is -2.30. The molecule has 10 nitrogen and oxygen atoms in total. The molecular weight excluding hydrogens is 629 g/mol. The molecule has 2 aromatic heterocycles. The summed E-state index contributed by atoms with van der Waals surface area (Å²) in [4.78, 5) is 28.0. The van der Waals surface area contributed by atoms with Crippen LogP contribution >= 0.6 is 23.2 Å². The normalized spacial score (nSPS) is 19.5. The van der Waals surface area contributed by atoms with E-state index in [4.69, 9.17) is 47.4 Å². The van der Waals surface area contributed by atoms with Crippen molar-refractivity contribution in [2.24, 2.45) is 5.92 Å². The highest BCUT2D eigenvalue weighted by molar-refractivity contribution is 6.41. The molecule has 0 saturated carbocycles. The first-order chi connectivity index (χ1) is 21.6. The van der Waals surface area contributed by atoms with E-state index in [0.717, 1.165) is 12.8 Å². The van der Waals surface area contributed by atoms with E-state index < -0.39 is 5.92 Å². The summed E-state index contributed by atoms with van der Waals surface area (Å²) >= 11 is 13.4. The minimum atomic E-state index is -2.61. The van der Waals surface area contributed by atoms with Crippen LogP contribution in [0.5, 0.6) is 11.5 Å². The molecule has 2 saturated heterocycles. The molecule has 0 aliphatic carbocycles. The van der Waals surface area contributed by atoms with Crippen molar-refractivity contribution in [2.75, 3.05) is 64.2 Å². The van der Waals surface area contributed by atoms with Gasteiger partial charge in [-0.15, -0.1) is 0 Å². The standard InChI is InChI=1S/C31H36Cl2F2N6O4/c1-4-20(42)11-19-15-45-16-22(19)39-30-37-14-18-12-21(25-26(32)23(43-2)13-24(44-3)27(25)33)38-29(28(18)40-30)36-8-5-6-9-41-10-7-31(34,35)17-41/h4,12-14,19,22H,1,5-11,15-17H2,2-3H3,(H,36,38)(H,37,39,40)/t19-,22+/m0/s1. The summed E-state index contributed by atoms with van der Waals surface area (Å²) in [6, 6.07) is 3.23. The summed E-state index contributed by atoms with van der Waals surface area (Å²) in [5, 5.41) is 7.90. The Morgan fingerprint density at radius 2 is 1.93 bits per heavy atom. The fourth-order valence-electron chi connectivity index (χ4n) is 5.60. The molecule has 242 valence electrons. The number of likely N-dealkylation sites (tertiary alicyclic amines) is 1. The average molecular weight is 666 g/mol. The molecule has 2 atom stereocenters. The SMILES string of the molecule is C=CC(=O)C[C@H]1COC[C@H]1Nc1ncc2cc(-c3c(Cl)c(OC)cc(OC)c3Cl)nc(NCCCCN3CCC(F)(F)C3)c2n1. The van der Waals surface area contributed by atoms with Gasteiger partial charge in [-0.3, -0.25) is 9.69 Å². The van der Waals surface area contributed by atoms with E-state index in [1.807, 2.05) is 0 Å². The number of halogens is 4. The second kappa shape index (κ2) is 14.4. The maximum Gasteiger partial charge on any atom is 0.261 e. The molecule has 2 aliphatic rings. The number of fused-ring (bicyclic) bond motifs is 1. The van der Waals surface area contributed by atoms with Crippen molar-refractivity contribution in [2.45, 2.75) is 37.6 Å². The molecule has 45 heavy (non-hydrogen) atoms. The van der Waals surface area contributed by atoms with Crippen LogP contribution in [0.2, 0.25) is 10.0 Å². The Balaban J connectivity index is 1.43. The van der Waals surface area contributed by atoms with Crippen LogP contribution in [0.25, 0.3) is 22.2 Å². The third-order valence-electron chi connectivity index (χ3n) is 8.04. The summed E-state index contributed by atoms with van der Waals surface area (Å²) in [6.07, 6.45) is 4.67. The number of allylic oxidation sites excluding steroid dienone is 1. The van der Waals surface area contributed by atoms with Crippen molar-refractivity contribution in [1.82, 2.24) is 19.9 Å². The number of nitrogens with zero attached hydrogens (tertiary/aromatic N) is 4. The van der Waals surface area contributed by atoms with Crippen LogP contribution < -0.4 is 20.1 Å². The van der Waals surface area contributed by atoms with E-state index in [2.05, 4.69) is 22.2 Å². The van der Waals surface area contributed by atoms with Crippen LogP contribution in [0.15, 0.2) is 31.0 Å². The van der Waals surface area contributed by atoms with Crippen molar-refractivity contribution in [1.29, 1.82) is 0 Å². The van der Waals surface area contributed by atoms with E-state index in [1.165, 1.54) is 20.3 Å². The van der Waals surface area contributed by atoms with Crippen molar-refractivity contribution in [3.8, 4) is 22.8 Å². The number of ether oxygens (including phenoxy) is 3. The zero-order valence-electron chi connectivity index (χ0n) is 25.2. The average Bonchev–Trinajstić information content (AvgIpc) is 3.61. The van der Waals surface area contributed by atoms with Gasteiger partial charge in [-0.2, -0.15) is 0 Å². The third kappa shape index (κ3) is 7.74. The quantitative estimate of drug-likeness (QED) is 0.154. The lowest BCUT2D eigenvalue weighted by molar-refractivity contribution is -0.115. The van der Waals surface area contributed by atoms with Crippen LogP contribution in [0, 0.1) is 5.92 Å². The number of ketones is 1. The van der Waals surface area contributed by atoms with Crippen LogP contribution in [0.1, 0.15) is 25.7 Å². The van der Waals surface area contributed by atoms with Gasteiger partial charge in [-0.1, -0.05) is 29.8 Å². The topological polar surface area (TPSA) is 111 Å². The highest BCUT2D eigenvalue weighted by Gasteiger charge is 2.37. The largest absolute Gasteiger partial charge is 0.495 e. The number of aromatic nitrogens is 3. The van der Waals surface area contributed by atoms with E-state index in [0.29, 0.717) is 84.7 Å². The number of pyridine rings is 1. The van der Waals surface area contributed by atoms with Gasteiger partial charge in [0, 0.05) is 55.1 Å². The first-order valence-electron chi connectivity index (χ1n) is 14.7. The number of carbonyl (C=O) groups is 1. The summed E-state index contributed by atoms with van der Waals surface area (Å²) in [6.45, 7) is 5.75. The predicted molar refractivity (Wildman–Crippen MR) is 171 cm³/mol. The number of hydrogen-bond donors (Lipinski definition) is 2. The smallest absolute Gasteiger partial charge is 0.261 e. The number of hydrogen-bond acceptors (Lipinski definition) is 10. The Labute approximate surface area is 270 Å².